The summed E-state index contributed by atoms with van der Waals surface area (Å²) in [7, 11) is 1.48. The van der Waals surface area contributed by atoms with Gasteiger partial charge in [-0.15, -0.1) is 0 Å². The van der Waals surface area contributed by atoms with E-state index in [1.165, 1.54) is 19.2 Å². The summed E-state index contributed by atoms with van der Waals surface area (Å²) in [6, 6.07) is 6.10. The highest BCUT2D eigenvalue weighted by atomic mass is 16.7. The zero-order chi connectivity index (χ0) is 12.1. The van der Waals surface area contributed by atoms with Crippen molar-refractivity contribution in [2.75, 3.05) is 7.11 Å². The predicted molar refractivity (Wildman–Crippen MR) is 55.0 cm³/mol. The highest BCUT2D eigenvalue weighted by molar-refractivity contribution is 5.50. The van der Waals surface area contributed by atoms with Crippen LogP contribution in [0.5, 0.6) is 5.75 Å². The summed E-state index contributed by atoms with van der Waals surface area (Å²) >= 11 is 0. The first-order valence-electron chi connectivity index (χ1n) is 4.19. The fourth-order valence-electron chi connectivity index (χ4n) is 1.02. The Bertz CT molecular complexity index is 422. The molecule has 0 unspecified atom stereocenters. The van der Waals surface area contributed by atoms with Gasteiger partial charge in [-0.3, -0.25) is 20.2 Å². The topological polar surface area (TPSA) is 95.5 Å². The summed E-state index contributed by atoms with van der Waals surface area (Å²) in [5.41, 5.74) is 0.365. The van der Waals surface area contributed by atoms with E-state index in [1.807, 2.05) is 0 Å². The Balaban J connectivity index is 3.04. The van der Waals surface area contributed by atoms with Gasteiger partial charge >= 0.3 is 5.82 Å². The SMILES string of the molecule is COc1ccc(C=C([N+](=O)[O-])[N+](=O)[O-])cc1. The van der Waals surface area contributed by atoms with Gasteiger partial charge in [-0.2, -0.15) is 0 Å². The fraction of sp³-hybridized carbons (Fsp3) is 0.111. The molecule has 0 radical (unpaired) electrons. The van der Waals surface area contributed by atoms with E-state index in [9.17, 15) is 20.2 Å². The minimum Gasteiger partial charge on any atom is -0.497 e. The van der Waals surface area contributed by atoms with Gasteiger partial charge in [0.05, 0.1) is 7.11 Å². The van der Waals surface area contributed by atoms with Gasteiger partial charge in [0.1, 0.15) is 21.7 Å². The van der Waals surface area contributed by atoms with Gasteiger partial charge in [-0.05, 0) is 17.7 Å². The van der Waals surface area contributed by atoms with Crippen molar-refractivity contribution in [3.8, 4) is 5.75 Å². The molecule has 0 atom stereocenters. The molecule has 0 fully saturated rings. The number of methoxy groups -OCH3 is 1. The maximum Gasteiger partial charge on any atom is 0.559 e. The van der Waals surface area contributed by atoms with Gasteiger partial charge < -0.3 is 4.74 Å². The Morgan fingerprint density at radius 1 is 1.19 bits per heavy atom. The molecule has 0 saturated heterocycles. The van der Waals surface area contributed by atoms with E-state index in [4.69, 9.17) is 4.74 Å². The number of rotatable bonds is 4. The Kier molecular flexibility index (Phi) is 3.54. The largest absolute Gasteiger partial charge is 0.559 e. The third-order valence-corrected chi connectivity index (χ3v) is 1.79. The molecular formula is C9H8N2O5. The third-order valence-electron chi connectivity index (χ3n) is 1.79. The van der Waals surface area contributed by atoms with Gasteiger partial charge in [-0.25, -0.2) is 0 Å². The molecule has 0 bridgehead atoms. The van der Waals surface area contributed by atoms with Crippen molar-refractivity contribution in [3.63, 3.8) is 0 Å². The first-order valence-corrected chi connectivity index (χ1v) is 4.19. The molecule has 1 aromatic carbocycles. The molecule has 16 heavy (non-hydrogen) atoms. The number of hydrogen-bond acceptors (Lipinski definition) is 5. The second-order valence-corrected chi connectivity index (χ2v) is 2.79. The summed E-state index contributed by atoms with van der Waals surface area (Å²) in [6.45, 7) is 0. The number of benzene rings is 1. The van der Waals surface area contributed by atoms with E-state index < -0.39 is 15.7 Å². The molecule has 1 rings (SSSR count). The van der Waals surface area contributed by atoms with Crippen LogP contribution in [0.1, 0.15) is 5.56 Å². The second kappa shape index (κ2) is 4.87. The van der Waals surface area contributed by atoms with Crippen LogP contribution in [0, 0.1) is 20.2 Å². The lowest BCUT2D eigenvalue weighted by molar-refractivity contribution is -0.613. The molecule has 0 aliphatic rings. The molecule has 0 aliphatic carbocycles. The number of nitrogens with zero attached hydrogens (tertiary/aromatic N) is 2. The van der Waals surface area contributed by atoms with Crippen molar-refractivity contribution in [2.24, 2.45) is 0 Å². The van der Waals surface area contributed by atoms with E-state index in [2.05, 4.69) is 0 Å². The summed E-state index contributed by atoms with van der Waals surface area (Å²) in [5, 5.41) is 20.7. The Hall–Kier alpha value is -2.44. The summed E-state index contributed by atoms with van der Waals surface area (Å²) < 4.78 is 4.88. The lowest BCUT2D eigenvalue weighted by Crippen LogP contribution is -2.08. The van der Waals surface area contributed by atoms with Crippen LogP contribution < -0.4 is 4.74 Å². The molecule has 0 spiro atoms. The molecule has 0 N–H and O–H groups in total. The Morgan fingerprint density at radius 2 is 1.69 bits per heavy atom. The number of ether oxygens (including phenoxy) is 1. The van der Waals surface area contributed by atoms with Crippen molar-refractivity contribution in [1.29, 1.82) is 0 Å². The third kappa shape index (κ3) is 2.77. The van der Waals surface area contributed by atoms with Gasteiger partial charge in [-0.1, -0.05) is 12.1 Å². The summed E-state index contributed by atoms with van der Waals surface area (Å²) in [4.78, 5) is 18.6. The van der Waals surface area contributed by atoms with Gasteiger partial charge in [0, 0.05) is 0 Å². The van der Waals surface area contributed by atoms with Gasteiger partial charge in [0.15, 0.2) is 0 Å². The molecule has 0 saturated carbocycles. The average Bonchev–Trinajstić information content (AvgIpc) is 2.25. The molecule has 0 aromatic heterocycles. The Morgan fingerprint density at radius 3 is 2.06 bits per heavy atom. The van der Waals surface area contributed by atoms with E-state index in [1.54, 1.807) is 12.1 Å². The van der Waals surface area contributed by atoms with Crippen molar-refractivity contribution in [2.45, 2.75) is 0 Å². The molecule has 0 heterocycles. The normalized spacial score (nSPS) is 9.31. The lowest BCUT2D eigenvalue weighted by Gasteiger charge is -1.98. The van der Waals surface area contributed by atoms with E-state index >= 15 is 0 Å². The second-order valence-electron chi connectivity index (χ2n) is 2.79. The minimum absolute atomic E-state index is 0.365. The van der Waals surface area contributed by atoms with E-state index in [0.29, 0.717) is 11.3 Å². The first-order chi connectivity index (χ1) is 7.54. The van der Waals surface area contributed by atoms with Crippen molar-refractivity contribution >= 4 is 6.08 Å². The Labute approximate surface area is 90.3 Å². The average molecular weight is 224 g/mol. The monoisotopic (exact) mass is 224 g/mol. The number of hydrogen-bond donors (Lipinski definition) is 0. The molecular weight excluding hydrogens is 216 g/mol. The molecule has 7 nitrogen and oxygen atoms in total. The van der Waals surface area contributed by atoms with E-state index in [-0.39, 0.29) is 0 Å². The minimum atomic E-state index is -1.06. The molecule has 7 heteroatoms. The van der Waals surface area contributed by atoms with Crippen LogP contribution >= 0.6 is 0 Å². The van der Waals surface area contributed by atoms with Crippen LogP contribution in [0.25, 0.3) is 6.08 Å². The lowest BCUT2D eigenvalue weighted by atomic mass is 10.2. The van der Waals surface area contributed by atoms with Crippen LogP contribution in [-0.4, -0.2) is 17.0 Å². The van der Waals surface area contributed by atoms with Crippen LogP contribution in [0.3, 0.4) is 0 Å². The van der Waals surface area contributed by atoms with Crippen LogP contribution in [0.2, 0.25) is 0 Å². The van der Waals surface area contributed by atoms with Crippen LogP contribution in [-0.2, 0) is 0 Å². The highest BCUT2D eigenvalue weighted by Gasteiger charge is 2.24. The fourth-order valence-corrected chi connectivity index (χ4v) is 1.02. The quantitative estimate of drug-likeness (QED) is 0.571. The molecule has 1 aromatic rings. The summed E-state index contributed by atoms with van der Waals surface area (Å²) in [5.74, 6) is -0.494. The van der Waals surface area contributed by atoms with Gasteiger partial charge in [0.25, 0.3) is 0 Å². The van der Waals surface area contributed by atoms with Crippen LogP contribution in [0.4, 0.5) is 0 Å². The summed E-state index contributed by atoms with van der Waals surface area (Å²) in [6.07, 6.45) is 0.888. The first kappa shape index (κ1) is 11.6. The molecule has 0 aliphatic heterocycles. The smallest absolute Gasteiger partial charge is 0.497 e. The molecule has 84 valence electrons. The van der Waals surface area contributed by atoms with Gasteiger partial charge in [0.2, 0.25) is 0 Å². The van der Waals surface area contributed by atoms with Crippen LogP contribution in [0.15, 0.2) is 30.1 Å². The zero-order valence-electron chi connectivity index (χ0n) is 8.32. The van der Waals surface area contributed by atoms with Crippen molar-refractivity contribution < 1.29 is 14.6 Å². The number of nitro groups is 2. The zero-order valence-corrected chi connectivity index (χ0v) is 8.32. The maximum absolute atomic E-state index is 10.3. The van der Waals surface area contributed by atoms with Crippen molar-refractivity contribution in [1.82, 2.24) is 0 Å². The molecule has 0 amide bonds. The van der Waals surface area contributed by atoms with Crippen molar-refractivity contribution in [3.05, 3.63) is 55.9 Å². The predicted octanol–water partition coefficient (Wildman–Crippen LogP) is 1.55. The van der Waals surface area contributed by atoms with E-state index in [0.717, 1.165) is 6.08 Å². The maximum atomic E-state index is 10.3. The highest BCUT2D eigenvalue weighted by Crippen LogP contribution is 2.14. The standard InChI is InChI=1S/C9H8N2O5/c1-16-8-4-2-7(3-5-8)6-9(10(12)13)11(14)15/h2-6H,1H3.